The molecular weight excluding hydrogens is 864 g/mol. The van der Waals surface area contributed by atoms with Gasteiger partial charge in [0, 0.05) is 44.2 Å². The molecule has 5 heteroatoms. The first-order chi connectivity index (χ1) is 33.6. The number of hydrogen-bond donors (Lipinski definition) is 1. The molecule has 0 radical (unpaired) electrons. The summed E-state index contributed by atoms with van der Waals surface area (Å²) in [5.74, 6) is 0. The molecule has 71 heavy (non-hydrogen) atoms. The van der Waals surface area contributed by atoms with E-state index >= 15 is 0 Å². The van der Waals surface area contributed by atoms with Gasteiger partial charge in [0.2, 0.25) is 0 Å². The second-order valence-corrected chi connectivity index (χ2v) is 26.1. The summed E-state index contributed by atoms with van der Waals surface area (Å²) < 4.78 is 14.4. The lowest BCUT2D eigenvalue weighted by molar-refractivity contribution is 0.332. The summed E-state index contributed by atoms with van der Waals surface area (Å²) in [6, 6.07) is 44.0. The molecule has 0 bridgehead atoms. The average molecular weight is 933 g/mol. The van der Waals surface area contributed by atoms with E-state index in [4.69, 9.17) is 8.83 Å². The van der Waals surface area contributed by atoms with Crippen molar-refractivity contribution >= 4 is 90.5 Å². The van der Waals surface area contributed by atoms with Crippen molar-refractivity contribution in [3.8, 4) is 11.1 Å². The van der Waals surface area contributed by atoms with Crippen LogP contribution in [0.15, 0.2) is 124 Å². The Bertz CT molecular complexity index is 3740. The standard InChI is InChI=1S/C66H69BN2O2/c1-61(2)27-29-63(5,6)47-33-38(21-24-45(47)61)68-52-26-23-42-40-17-13-15-19-54(40)70-59(42)56(52)44-35-43-41-18-14-16-20-55(41)71-60(43)58-57(44)67-51-36-49-50(66(11,12)32-31-65(49,9)10)37-53(51)69(58)39-22-25-46-48(34-39)64(7,8)30-28-62(46,3)4/h13-26,33-37,67-68H,27-32H2,1-12H3. The van der Waals surface area contributed by atoms with Gasteiger partial charge in [0.15, 0.2) is 12.9 Å². The maximum atomic E-state index is 7.25. The molecule has 3 heterocycles. The van der Waals surface area contributed by atoms with Crippen molar-refractivity contribution in [3.05, 3.63) is 149 Å². The van der Waals surface area contributed by atoms with E-state index in [1.165, 1.54) is 68.5 Å². The van der Waals surface area contributed by atoms with Crippen molar-refractivity contribution in [2.24, 2.45) is 0 Å². The van der Waals surface area contributed by atoms with Crippen LogP contribution in [0.4, 0.5) is 28.4 Å². The molecule has 4 nitrogen and oxygen atoms in total. The number of fused-ring (bicyclic) bond motifs is 12. The summed E-state index contributed by atoms with van der Waals surface area (Å²) >= 11 is 0. The molecule has 2 aromatic heterocycles. The Morgan fingerprint density at radius 1 is 0.451 bits per heavy atom. The van der Waals surface area contributed by atoms with Gasteiger partial charge < -0.3 is 19.1 Å². The topological polar surface area (TPSA) is 41.6 Å². The predicted octanol–water partition coefficient (Wildman–Crippen LogP) is 17.1. The minimum atomic E-state index is 0.0276. The van der Waals surface area contributed by atoms with Crippen molar-refractivity contribution in [2.75, 3.05) is 10.2 Å². The van der Waals surface area contributed by atoms with Gasteiger partial charge in [-0.15, -0.1) is 0 Å². The van der Waals surface area contributed by atoms with Gasteiger partial charge in [0.05, 0.1) is 11.4 Å². The molecule has 0 spiro atoms. The molecule has 0 saturated heterocycles. The van der Waals surface area contributed by atoms with Crippen LogP contribution in [-0.4, -0.2) is 7.28 Å². The molecule has 13 rings (SSSR count). The van der Waals surface area contributed by atoms with Gasteiger partial charge in [-0.3, -0.25) is 0 Å². The van der Waals surface area contributed by atoms with Crippen LogP contribution < -0.4 is 21.1 Å². The van der Waals surface area contributed by atoms with E-state index in [0.29, 0.717) is 0 Å². The predicted molar refractivity (Wildman–Crippen MR) is 303 cm³/mol. The molecule has 358 valence electrons. The van der Waals surface area contributed by atoms with E-state index in [-0.39, 0.29) is 32.5 Å². The van der Waals surface area contributed by atoms with Crippen LogP contribution >= 0.6 is 0 Å². The van der Waals surface area contributed by atoms with Crippen molar-refractivity contribution in [1.29, 1.82) is 0 Å². The minimum Gasteiger partial charge on any atom is -0.455 e. The smallest absolute Gasteiger partial charge is 0.198 e. The fraction of sp³-hybridized carbons (Fsp3) is 0.364. The quantitative estimate of drug-likeness (QED) is 0.179. The highest BCUT2D eigenvalue weighted by Gasteiger charge is 2.43. The SMILES string of the molecule is CC1(C)CCC(C)(C)c2cc(Nc3ccc4c(oc5ccccc54)c3-c3cc4c(oc5ccccc54)c4c3Bc3cc5c(cc3N4c3ccc4c(c3)C(C)(C)CCC4(C)C)C(C)(C)CCC5(C)C)ccc21. The number of nitrogens with one attached hydrogen (secondary N) is 1. The molecule has 0 saturated carbocycles. The first-order valence-corrected chi connectivity index (χ1v) is 26.6. The number of anilines is 5. The molecule has 0 amide bonds. The van der Waals surface area contributed by atoms with Crippen LogP contribution in [0.5, 0.6) is 0 Å². The molecule has 0 atom stereocenters. The van der Waals surface area contributed by atoms with Crippen LogP contribution in [0.25, 0.3) is 55.0 Å². The first kappa shape index (κ1) is 44.7. The summed E-state index contributed by atoms with van der Waals surface area (Å²) in [5, 5.41) is 8.55. The summed E-state index contributed by atoms with van der Waals surface area (Å²) in [6.45, 7) is 29.3. The lowest BCUT2D eigenvalue weighted by atomic mass is 9.55. The monoisotopic (exact) mass is 933 g/mol. The Morgan fingerprint density at radius 3 is 1.58 bits per heavy atom. The highest BCUT2D eigenvalue weighted by Crippen LogP contribution is 2.54. The Morgan fingerprint density at radius 2 is 0.958 bits per heavy atom. The van der Waals surface area contributed by atoms with Gasteiger partial charge in [-0.2, -0.15) is 0 Å². The van der Waals surface area contributed by atoms with Gasteiger partial charge in [0.1, 0.15) is 16.7 Å². The third-order valence-electron chi connectivity index (χ3n) is 18.7. The van der Waals surface area contributed by atoms with Crippen molar-refractivity contribution in [1.82, 2.24) is 0 Å². The number of nitrogens with zero attached hydrogens (tertiary/aromatic N) is 1. The zero-order valence-electron chi connectivity index (χ0n) is 44.2. The van der Waals surface area contributed by atoms with Crippen LogP contribution in [0, 0.1) is 0 Å². The molecule has 4 aliphatic rings. The molecule has 0 fully saturated rings. The maximum Gasteiger partial charge on any atom is 0.198 e. The van der Waals surface area contributed by atoms with Gasteiger partial charge in [-0.05, 0) is 176 Å². The Kier molecular flexibility index (Phi) is 9.27. The molecule has 3 aliphatic carbocycles. The molecule has 1 N–H and O–H groups in total. The number of para-hydroxylation sites is 2. The maximum absolute atomic E-state index is 7.25. The number of hydrogen-bond acceptors (Lipinski definition) is 4. The van der Waals surface area contributed by atoms with Gasteiger partial charge in [-0.25, -0.2) is 0 Å². The number of rotatable bonds is 4. The number of furan rings is 2. The summed E-state index contributed by atoms with van der Waals surface area (Å²) in [4.78, 5) is 2.62. The van der Waals surface area contributed by atoms with E-state index in [1.54, 1.807) is 0 Å². The zero-order chi connectivity index (χ0) is 49.4. The van der Waals surface area contributed by atoms with Gasteiger partial charge in [-0.1, -0.05) is 143 Å². The molecule has 9 aromatic rings. The lowest BCUT2D eigenvalue weighted by Gasteiger charge is -2.45. The summed E-state index contributed by atoms with van der Waals surface area (Å²) in [5.41, 5.74) is 23.3. The van der Waals surface area contributed by atoms with E-state index in [2.05, 4.69) is 209 Å². The van der Waals surface area contributed by atoms with Crippen LogP contribution in [0.1, 0.15) is 155 Å². The van der Waals surface area contributed by atoms with E-state index in [1.807, 2.05) is 0 Å². The van der Waals surface area contributed by atoms with E-state index < -0.39 is 0 Å². The Balaban J connectivity index is 1.14. The molecule has 7 aromatic carbocycles. The second kappa shape index (κ2) is 14.7. The van der Waals surface area contributed by atoms with E-state index in [0.717, 1.165) is 105 Å². The number of benzene rings is 7. The van der Waals surface area contributed by atoms with Crippen LogP contribution in [0.3, 0.4) is 0 Å². The summed E-state index contributed by atoms with van der Waals surface area (Å²) in [7, 11) is 0.745. The molecule has 0 unspecified atom stereocenters. The Hall–Kier alpha value is -6.20. The summed E-state index contributed by atoms with van der Waals surface area (Å²) in [6.07, 6.45) is 6.98. The highest BCUT2D eigenvalue weighted by molar-refractivity contribution is 6.74. The highest BCUT2D eigenvalue weighted by atomic mass is 16.3. The van der Waals surface area contributed by atoms with Crippen molar-refractivity contribution < 1.29 is 8.83 Å². The van der Waals surface area contributed by atoms with Crippen molar-refractivity contribution in [3.63, 3.8) is 0 Å². The third kappa shape index (κ3) is 6.62. The molecular formula is C66H69BN2O2. The van der Waals surface area contributed by atoms with Gasteiger partial charge in [0.25, 0.3) is 0 Å². The fourth-order valence-corrected chi connectivity index (χ4v) is 13.8. The van der Waals surface area contributed by atoms with Crippen molar-refractivity contribution in [2.45, 2.75) is 154 Å². The van der Waals surface area contributed by atoms with Crippen LogP contribution in [-0.2, 0) is 32.5 Å². The fourth-order valence-electron chi connectivity index (χ4n) is 13.8. The largest absolute Gasteiger partial charge is 0.455 e. The lowest BCUT2D eigenvalue weighted by Crippen LogP contribution is -2.44. The Labute approximate surface area is 421 Å². The average Bonchev–Trinajstić information content (AvgIpc) is 3.91. The van der Waals surface area contributed by atoms with E-state index in [9.17, 15) is 0 Å². The normalized spacial score (nSPS) is 19.7. The first-order valence-electron chi connectivity index (χ1n) is 26.6. The van der Waals surface area contributed by atoms with Gasteiger partial charge >= 0.3 is 0 Å². The zero-order valence-corrected chi connectivity index (χ0v) is 44.2. The minimum absolute atomic E-state index is 0.0276. The molecule has 1 aliphatic heterocycles. The van der Waals surface area contributed by atoms with Crippen LogP contribution in [0.2, 0.25) is 0 Å². The second-order valence-electron chi connectivity index (χ2n) is 26.1. The third-order valence-corrected chi connectivity index (χ3v) is 18.7.